The van der Waals surface area contributed by atoms with Gasteiger partial charge in [-0.25, -0.2) is 22.3 Å². The first kappa shape index (κ1) is 22.4. The molecule has 1 fully saturated rings. The van der Waals surface area contributed by atoms with Gasteiger partial charge in [-0.05, 0) is 44.7 Å². The molecule has 0 amide bonds. The van der Waals surface area contributed by atoms with Gasteiger partial charge in [0.15, 0.2) is 11.6 Å². The highest BCUT2D eigenvalue weighted by molar-refractivity contribution is 7.89. The number of rotatable bonds is 3. The monoisotopic (exact) mass is 408 g/mol. The lowest BCUT2D eigenvalue weighted by Crippen LogP contribution is -2.31. The van der Waals surface area contributed by atoms with E-state index in [9.17, 15) is 22.0 Å². The van der Waals surface area contributed by atoms with Gasteiger partial charge in [-0.2, -0.15) is 0 Å². The Balaban J connectivity index is 0.000000412. The van der Waals surface area contributed by atoms with Crippen LogP contribution in [0.15, 0.2) is 17.0 Å². The van der Waals surface area contributed by atoms with Crippen molar-refractivity contribution in [3.05, 3.63) is 29.3 Å². The van der Waals surface area contributed by atoms with Gasteiger partial charge < -0.3 is 10.1 Å². The predicted molar refractivity (Wildman–Crippen MR) is 97.2 cm³/mol. The minimum atomic E-state index is -4.27. The molecule has 0 aliphatic carbocycles. The molecule has 6 nitrogen and oxygen atoms in total. The smallest absolute Gasteiger partial charge is 0.293 e. The van der Waals surface area contributed by atoms with Crippen molar-refractivity contribution in [3.8, 4) is 0 Å². The molecule has 1 unspecified atom stereocenters. The summed E-state index contributed by atoms with van der Waals surface area (Å²) in [6.07, 6.45) is 1.02. The maximum absolute atomic E-state index is 13.9. The standard InChI is InChI=1S/C11H12F2N2O2S2.C5H10O2/c12-10-7(6-3-4-15-9(18)5-6)1-2-8(11(10)13)19(14,16)17;1-5(2,3)7-4-6/h1-2,6H,3-5H2,(H,15,18)(H2,14,16,17);4H,1-3H3. The van der Waals surface area contributed by atoms with E-state index < -0.39 is 26.6 Å². The number of hydrogen-bond donors (Lipinski definition) is 2. The van der Waals surface area contributed by atoms with Crippen molar-refractivity contribution >= 4 is 33.7 Å². The van der Waals surface area contributed by atoms with Gasteiger partial charge in [-0.1, -0.05) is 18.3 Å². The zero-order chi connectivity index (χ0) is 20.1. The van der Waals surface area contributed by atoms with Gasteiger partial charge in [0.05, 0.1) is 4.99 Å². The second-order valence-corrected chi connectivity index (χ2v) is 8.71. The number of benzene rings is 1. The van der Waals surface area contributed by atoms with E-state index in [0.29, 0.717) is 30.8 Å². The van der Waals surface area contributed by atoms with Crippen molar-refractivity contribution in [2.45, 2.75) is 50.0 Å². The number of carbonyl (C=O) groups excluding carboxylic acids is 1. The third-order valence-corrected chi connectivity index (χ3v) is 4.71. The quantitative estimate of drug-likeness (QED) is 0.589. The SMILES string of the molecule is CC(C)(C)OC=O.NS(=O)(=O)c1ccc(C2CCNC(=S)C2)c(F)c1F. The first-order valence-corrected chi connectivity index (χ1v) is 9.71. The largest absolute Gasteiger partial charge is 0.462 e. The highest BCUT2D eigenvalue weighted by Gasteiger charge is 2.26. The number of piperidine rings is 1. The summed E-state index contributed by atoms with van der Waals surface area (Å²) in [5, 5.41) is 7.76. The Morgan fingerprint density at radius 2 is 1.92 bits per heavy atom. The fourth-order valence-electron chi connectivity index (χ4n) is 2.28. The number of hydrogen-bond acceptors (Lipinski definition) is 5. The average molecular weight is 408 g/mol. The van der Waals surface area contributed by atoms with Gasteiger partial charge >= 0.3 is 0 Å². The van der Waals surface area contributed by atoms with Gasteiger partial charge in [-0.15, -0.1) is 0 Å². The van der Waals surface area contributed by atoms with Gasteiger partial charge in [0.25, 0.3) is 6.47 Å². The van der Waals surface area contributed by atoms with E-state index in [0.717, 1.165) is 6.07 Å². The Morgan fingerprint density at radius 3 is 2.35 bits per heavy atom. The summed E-state index contributed by atoms with van der Waals surface area (Å²) < 4.78 is 54.4. The van der Waals surface area contributed by atoms with Gasteiger partial charge in [0.1, 0.15) is 10.5 Å². The number of sulfonamides is 1. The lowest BCUT2D eigenvalue weighted by atomic mass is 9.90. The Labute approximate surface area is 157 Å². The second-order valence-electron chi connectivity index (χ2n) is 6.69. The summed E-state index contributed by atoms with van der Waals surface area (Å²) >= 11 is 5.00. The van der Waals surface area contributed by atoms with Crippen molar-refractivity contribution in [1.82, 2.24) is 5.32 Å². The zero-order valence-electron chi connectivity index (χ0n) is 14.7. The molecule has 1 saturated heterocycles. The van der Waals surface area contributed by atoms with Crippen LogP contribution in [0.4, 0.5) is 8.78 Å². The van der Waals surface area contributed by atoms with Crippen LogP contribution in [-0.4, -0.2) is 32.0 Å². The first-order valence-electron chi connectivity index (χ1n) is 7.75. The first-order chi connectivity index (χ1) is 11.9. The summed E-state index contributed by atoms with van der Waals surface area (Å²) in [6.45, 7) is 6.51. The highest BCUT2D eigenvalue weighted by atomic mass is 32.2. The Kier molecular flexibility index (Phi) is 7.60. The molecule has 1 aliphatic rings. The van der Waals surface area contributed by atoms with Crippen LogP contribution in [0.1, 0.15) is 45.1 Å². The Bertz CT molecular complexity index is 777. The minimum absolute atomic E-state index is 0.133. The number of nitrogens with two attached hydrogens (primary N) is 1. The van der Waals surface area contributed by atoms with Crippen molar-refractivity contribution in [2.75, 3.05) is 6.54 Å². The van der Waals surface area contributed by atoms with Crippen LogP contribution in [0.3, 0.4) is 0 Å². The molecular weight excluding hydrogens is 386 g/mol. The van der Waals surface area contributed by atoms with Crippen LogP contribution in [0.5, 0.6) is 0 Å². The third-order valence-electron chi connectivity index (χ3n) is 3.47. The van der Waals surface area contributed by atoms with Gasteiger partial charge in [-0.3, -0.25) is 4.79 Å². The zero-order valence-corrected chi connectivity index (χ0v) is 16.3. The number of nitrogens with one attached hydrogen (secondary N) is 1. The molecule has 0 bridgehead atoms. The van der Waals surface area contributed by atoms with Crippen LogP contribution in [0.25, 0.3) is 0 Å². The molecular formula is C16H22F2N2O4S2. The van der Waals surface area contributed by atoms with E-state index in [-0.39, 0.29) is 17.1 Å². The molecule has 26 heavy (non-hydrogen) atoms. The van der Waals surface area contributed by atoms with E-state index in [1.807, 2.05) is 20.8 Å². The van der Waals surface area contributed by atoms with Crippen molar-refractivity contribution < 1.29 is 26.7 Å². The van der Waals surface area contributed by atoms with E-state index in [1.54, 1.807) is 0 Å². The lowest BCUT2D eigenvalue weighted by Gasteiger charge is -2.24. The molecule has 2 rings (SSSR count). The number of halogens is 2. The second kappa shape index (κ2) is 8.83. The molecule has 1 heterocycles. The van der Waals surface area contributed by atoms with Crippen LogP contribution in [0, 0.1) is 11.6 Å². The number of primary sulfonamides is 1. The van der Waals surface area contributed by atoms with Gasteiger partial charge in [0.2, 0.25) is 10.0 Å². The molecule has 0 saturated carbocycles. The minimum Gasteiger partial charge on any atom is -0.462 e. The molecule has 3 N–H and O–H groups in total. The van der Waals surface area contributed by atoms with E-state index in [2.05, 4.69) is 10.1 Å². The molecule has 1 aromatic rings. The fourth-order valence-corrected chi connectivity index (χ4v) is 3.18. The summed E-state index contributed by atoms with van der Waals surface area (Å²) in [4.78, 5) is 9.36. The molecule has 0 aromatic heterocycles. The van der Waals surface area contributed by atoms with Crippen LogP contribution >= 0.6 is 12.2 Å². The Hall–Kier alpha value is -1.65. The molecule has 1 aromatic carbocycles. The summed E-state index contributed by atoms with van der Waals surface area (Å²) in [5.74, 6) is -2.84. The van der Waals surface area contributed by atoms with Crippen molar-refractivity contribution in [3.63, 3.8) is 0 Å². The summed E-state index contributed by atoms with van der Waals surface area (Å²) in [6, 6.07) is 2.25. The molecule has 10 heteroatoms. The normalized spacial score (nSPS) is 17.6. The fraction of sp³-hybridized carbons (Fsp3) is 0.500. The lowest BCUT2D eigenvalue weighted by molar-refractivity contribution is -0.138. The highest BCUT2D eigenvalue weighted by Crippen LogP contribution is 2.31. The van der Waals surface area contributed by atoms with E-state index in [4.69, 9.17) is 17.4 Å². The van der Waals surface area contributed by atoms with Crippen molar-refractivity contribution in [2.24, 2.45) is 5.14 Å². The van der Waals surface area contributed by atoms with Crippen LogP contribution in [-0.2, 0) is 19.6 Å². The number of carbonyl (C=O) groups is 1. The summed E-state index contributed by atoms with van der Waals surface area (Å²) in [7, 11) is -4.27. The average Bonchev–Trinajstić information content (AvgIpc) is 2.48. The van der Waals surface area contributed by atoms with Crippen molar-refractivity contribution in [1.29, 1.82) is 0 Å². The maximum Gasteiger partial charge on any atom is 0.293 e. The Morgan fingerprint density at radius 1 is 1.31 bits per heavy atom. The summed E-state index contributed by atoms with van der Waals surface area (Å²) in [5.41, 5.74) is -0.185. The molecule has 1 aliphatic heterocycles. The number of thiocarbonyl (C=S) groups is 1. The van der Waals surface area contributed by atoms with Gasteiger partial charge in [0, 0.05) is 13.0 Å². The van der Waals surface area contributed by atoms with Crippen LogP contribution in [0.2, 0.25) is 0 Å². The third kappa shape index (κ3) is 6.58. The van der Waals surface area contributed by atoms with E-state index >= 15 is 0 Å². The molecule has 1 atom stereocenters. The molecule has 0 spiro atoms. The number of ether oxygens (including phenoxy) is 1. The molecule has 146 valence electrons. The van der Waals surface area contributed by atoms with E-state index in [1.165, 1.54) is 6.07 Å². The predicted octanol–water partition coefficient (Wildman–Crippen LogP) is 2.36. The molecule has 0 radical (unpaired) electrons. The van der Waals surface area contributed by atoms with Crippen LogP contribution < -0.4 is 10.5 Å². The maximum atomic E-state index is 13.9. The topological polar surface area (TPSA) is 98.5 Å².